The number of amides is 2. The maximum atomic E-state index is 10.8. The molecule has 3 N–H and O–H groups in total. The van der Waals surface area contributed by atoms with Crippen molar-refractivity contribution in [2.75, 3.05) is 6.54 Å². The zero-order valence-electron chi connectivity index (χ0n) is 6.45. The number of hydrogen-bond acceptors (Lipinski definition) is 2. The predicted molar refractivity (Wildman–Crippen MR) is 45.7 cm³/mol. The Morgan fingerprint density at radius 3 is 3.25 bits per heavy atom. The van der Waals surface area contributed by atoms with E-state index in [9.17, 15) is 4.79 Å². The van der Waals surface area contributed by atoms with Crippen molar-refractivity contribution in [3.8, 4) is 0 Å². The molecule has 1 aliphatic carbocycles. The molecule has 12 heavy (non-hydrogen) atoms. The molecule has 0 bridgehead atoms. The highest BCUT2D eigenvalue weighted by Crippen LogP contribution is 2.15. The van der Waals surface area contributed by atoms with Crippen molar-refractivity contribution in [1.29, 1.82) is 0 Å². The molecule has 1 aliphatic heterocycles. The van der Waals surface area contributed by atoms with E-state index in [4.69, 9.17) is 5.73 Å². The quantitative estimate of drug-likeness (QED) is 0.579. The molecule has 0 aromatic heterocycles. The third-order valence-electron chi connectivity index (χ3n) is 1.89. The van der Waals surface area contributed by atoms with Crippen LogP contribution in [0.1, 0.15) is 0 Å². The van der Waals surface area contributed by atoms with Crippen molar-refractivity contribution in [1.82, 2.24) is 5.32 Å². The fourth-order valence-corrected chi connectivity index (χ4v) is 1.26. The molecule has 0 spiro atoms. The lowest BCUT2D eigenvalue weighted by atomic mass is 10.0. The summed E-state index contributed by atoms with van der Waals surface area (Å²) >= 11 is 0. The number of fused-ring (bicyclic) bond motifs is 1. The minimum Gasteiger partial charge on any atom is -0.330 e. The molecule has 2 aliphatic rings. The Morgan fingerprint density at radius 2 is 2.50 bits per heavy atom. The fraction of sp³-hybridized carbons (Fsp3) is 0.250. The van der Waals surface area contributed by atoms with Crippen LogP contribution in [-0.2, 0) is 0 Å². The summed E-state index contributed by atoms with van der Waals surface area (Å²) in [6, 6.07) is -0.293. The largest absolute Gasteiger partial charge is 0.346 e. The van der Waals surface area contributed by atoms with E-state index in [1.807, 2.05) is 18.2 Å². The van der Waals surface area contributed by atoms with Gasteiger partial charge in [0.25, 0.3) is 0 Å². The van der Waals surface area contributed by atoms with Gasteiger partial charge in [0, 0.05) is 12.5 Å². The third-order valence-corrected chi connectivity index (χ3v) is 1.89. The molecule has 0 saturated carbocycles. The number of carbonyl (C=O) groups is 1. The molecular weight excluding hydrogens is 154 g/mol. The van der Waals surface area contributed by atoms with E-state index < -0.39 is 0 Å². The van der Waals surface area contributed by atoms with Crippen molar-refractivity contribution in [3.05, 3.63) is 23.9 Å². The van der Waals surface area contributed by atoms with Crippen LogP contribution in [0.5, 0.6) is 0 Å². The third kappa shape index (κ3) is 1.06. The maximum Gasteiger partial charge on any atom is 0.346 e. The second-order valence-electron chi connectivity index (χ2n) is 2.77. The predicted octanol–water partition coefficient (Wildman–Crippen LogP) is 0.179. The molecule has 0 fully saturated rings. The highest BCUT2D eigenvalue weighted by Gasteiger charge is 2.20. The minimum atomic E-state index is -0.293. The molecule has 0 aromatic rings. The van der Waals surface area contributed by atoms with E-state index in [2.05, 4.69) is 10.3 Å². The molecule has 0 saturated heterocycles. The Kier molecular flexibility index (Phi) is 1.55. The maximum absolute atomic E-state index is 10.8. The van der Waals surface area contributed by atoms with E-state index in [1.54, 1.807) is 0 Å². The van der Waals surface area contributed by atoms with Crippen molar-refractivity contribution in [2.24, 2.45) is 16.6 Å². The topological polar surface area (TPSA) is 67.5 Å². The molecule has 4 nitrogen and oxygen atoms in total. The second-order valence-corrected chi connectivity index (χ2v) is 2.77. The van der Waals surface area contributed by atoms with Crippen molar-refractivity contribution in [3.63, 3.8) is 0 Å². The summed E-state index contributed by atoms with van der Waals surface area (Å²) in [5.41, 5.74) is 6.97. The van der Waals surface area contributed by atoms with E-state index in [1.165, 1.54) is 0 Å². The monoisotopic (exact) mass is 163 g/mol. The zero-order valence-corrected chi connectivity index (χ0v) is 6.45. The molecule has 2 amide bonds. The lowest BCUT2D eigenvalue weighted by Gasteiger charge is -2.10. The normalized spacial score (nSPS) is 26.1. The second kappa shape index (κ2) is 2.57. The highest BCUT2D eigenvalue weighted by molar-refractivity contribution is 6.18. The van der Waals surface area contributed by atoms with Crippen LogP contribution < -0.4 is 11.1 Å². The zero-order chi connectivity index (χ0) is 8.55. The average Bonchev–Trinajstić information content (AvgIpc) is 2.43. The van der Waals surface area contributed by atoms with Crippen LogP contribution in [-0.4, -0.2) is 18.3 Å². The smallest absolute Gasteiger partial charge is 0.330 e. The molecule has 1 heterocycles. The number of carbonyl (C=O) groups excluding carboxylic acids is 1. The summed E-state index contributed by atoms with van der Waals surface area (Å²) in [7, 11) is 0. The first kappa shape index (κ1) is 7.24. The number of hydrogen-bond donors (Lipinski definition) is 2. The Balaban J connectivity index is 2.29. The van der Waals surface area contributed by atoms with Gasteiger partial charge in [0.2, 0.25) is 0 Å². The first-order chi connectivity index (χ1) is 5.79. The number of rotatable bonds is 1. The summed E-state index contributed by atoms with van der Waals surface area (Å²) in [4.78, 5) is 14.5. The van der Waals surface area contributed by atoms with Gasteiger partial charge in [0.1, 0.15) is 0 Å². The van der Waals surface area contributed by atoms with Crippen molar-refractivity contribution in [2.45, 2.75) is 0 Å². The Bertz CT molecular complexity index is 314. The first-order valence-corrected chi connectivity index (χ1v) is 3.80. The van der Waals surface area contributed by atoms with Crippen molar-refractivity contribution >= 4 is 11.7 Å². The SMILES string of the molecule is NCC1C=CC2=NC(=O)NC2=C1. The molecule has 0 aromatic carbocycles. The van der Waals surface area contributed by atoms with E-state index >= 15 is 0 Å². The first-order valence-electron chi connectivity index (χ1n) is 3.80. The summed E-state index contributed by atoms with van der Waals surface area (Å²) in [6.07, 6.45) is 5.69. The minimum absolute atomic E-state index is 0.220. The van der Waals surface area contributed by atoms with E-state index in [-0.39, 0.29) is 11.9 Å². The fourth-order valence-electron chi connectivity index (χ4n) is 1.26. The van der Waals surface area contributed by atoms with Crippen LogP contribution in [0.2, 0.25) is 0 Å². The Labute approximate surface area is 69.8 Å². The van der Waals surface area contributed by atoms with Gasteiger partial charge in [0.15, 0.2) is 0 Å². The molecule has 4 heteroatoms. The van der Waals surface area contributed by atoms with Crippen LogP contribution in [0, 0.1) is 5.92 Å². The van der Waals surface area contributed by atoms with Crippen LogP contribution in [0.3, 0.4) is 0 Å². The number of allylic oxidation sites excluding steroid dienone is 1. The van der Waals surface area contributed by atoms with E-state index in [0.29, 0.717) is 12.3 Å². The van der Waals surface area contributed by atoms with Gasteiger partial charge in [-0.25, -0.2) is 4.79 Å². The lowest BCUT2D eigenvalue weighted by molar-refractivity contribution is 0.253. The summed E-state index contributed by atoms with van der Waals surface area (Å²) < 4.78 is 0. The lowest BCUT2D eigenvalue weighted by Crippen LogP contribution is -2.20. The van der Waals surface area contributed by atoms with Gasteiger partial charge in [0.05, 0.1) is 11.4 Å². The summed E-state index contributed by atoms with van der Waals surface area (Å²) in [5.74, 6) is 0.220. The van der Waals surface area contributed by atoms with Gasteiger partial charge in [-0.1, -0.05) is 12.2 Å². The average molecular weight is 163 g/mol. The van der Waals surface area contributed by atoms with Crippen LogP contribution in [0.25, 0.3) is 0 Å². The van der Waals surface area contributed by atoms with Crippen LogP contribution in [0.4, 0.5) is 4.79 Å². The molecule has 1 atom stereocenters. The van der Waals surface area contributed by atoms with Gasteiger partial charge in [-0.3, -0.25) is 0 Å². The van der Waals surface area contributed by atoms with Gasteiger partial charge < -0.3 is 11.1 Å². The number of aliphatic imine (C=N–C) groups is 1. The molecule has 1 unspecified atom stereocenters. The van der Waals surface area contributed by atoms with Gasteiger partial charge in [-0.2, -0.15) is 4.99 Å². The van der Waals surface area contributed by atoms with Crippen molar-refractivity contribution < 1.29 is 4.79 Å². The number of nitrogens with two attached hydrogens (primary N) is 1. The van der Waals surface area contributed by atoms with Gasteiger partial charge in [-0.05, 0) is 6.08 Å². The van der Waals surface area contributed by atoms with Crippen LogP contribution >= 0.6 is 0 Å². The molecule has 62 valence electrons. The molecular formula is C8H9N3O. The number of nitrogens with zero attached hydrogens (tertiary/aromatic N) is 1. The summed E-state index contributed by atoms with van der Waals surface area (Å²) in [6.45, 7) is 0.559. The summed E-state index contributed by atoms with van der Waals surface area (Å²) in [5, 5.41) is 2.63. The Hall–Kier alpha value is -1.42. The number of urea groups is 1. The molecule has 2 rings (SSSR count). The van der Waals surface area contributed by atoms with Gasteiger partial charge in [-0.15, -0.1) is 0 Å². The van der Waals surface area contributed by atoms with Crippen LogP contribution in [0.15, 0.2) is 28.9 Å². The van der Waals surface area contributed by atoms with E-state index in [0.717, 1.165) is 5.70 Å². The Morgan fingerprint density at radius 1 is 1.67 bits per heavy atom. The highest BCUT2D eigenvalue weighted by atomic mass is 16.2. The van der Waals surface area contributed by atoms with Gasteiger partial charge >= 0.3 is 6.03 Å². The standard InChI is InChI=1S/C8H9N3O/c9-4-5-1-2-6-7(3-5)11-8(12)10-6/h1-3,5H,4,9H2,(H,11,12). The molecule has 0 radical (unpaired) electrons. The number of nitrogens with one attached hydrogen (secondary N) is 1.